The predicted octanol–water partition coefficient (Wildman–Crippen LogP) is 9.65. The third-order valence-corrected chi connectivity index (χ3v) is 8.79. The first-order valence-corrected chi connectivity index (χ1v) is 21.3. The number of quaternary nitrogens is 1. The summed E-state index contributed by atoms with van der Waals surface area (Å²) in [4.78, 5) is 35.2. The highest BCUT2D eigenvalue weighted by Gasteiger charge is 2.27. The number of allylic oxidation sites excluding steroid dienone is 10. The van der Waals surface area contributed by atoms with E-state index in [4.69, 9.17) is 18.5 Å². The van der Waals surface area contributed by atoms with Crippen molar-refractivity contribution in [1.29, 1.82) is 0 Å². The molecule has 0 radical (unpaired) electrons. The molecule has 3 atom stereocenters. The molecule has 0 aromatic carbocycles. The van der Waals surface area contributed by atoms with Gasteiger partial charge in [-0.1, -0.05) is 119 Å². The van der Waals surface area contributed by atoms with Crippen LogP contribution in [0.3, 0.4) is 0 Å². The average Bonchev–Trinajstić information content (AvgIpc) is 3.10. The van der Waals surface area contributed by atoms with Crippen molar-refractivity contribution in [2.45, 2.75) is 135 Å². The number of hydrogen-bond donors (Lipinski definition) is 2. The molecule has 2 unspecified atom stereocenters. The molecular weight excluding hydrogens is 693 g/mol. The minimum Gasteiger partial charge on any atom is -0.462 e. The largest absolute Gasteiger partial charge is 0.472 e. The third-order valence-electron chi connectivity index (χ3n) is 7.80. The quantitative estimate of drug-likeness (QED) is 0.0164. The lowest BCUT2D eigenvalue weighted by Crippen LogP contribution is -2.37. The molecule has 0 aliphatic rings. The van der Waals surface area contributed by atoms with E-state index in [9.17, 15) is 24.2 Å². The Labute approximate surface area is 321 Å². The summed E-state index contributed by atoms with van der Waals surface area (Å²) in [6, 6.07) is 0. The minimum absolute atomic E-state index is 0.00753. The van der Waals surface area contributed by atoms with E-state index in [1.807, 2.05) is 57.6 Å². The average molecular weight is 767 g/mol. The molecular formula is C42H73NO9P+. The maximum Gasteiger partial charge on any atom is 0.472 e. The number of nitrogens with zero attached hydrogens (tertiary/aromatic N) is 1. The lowest BCUT2D eigenvalue weighted by molar-refractivity contribution is -0.870. The number of carbonyl (C=O) groups excluding carboxylic acids is 2. The molecule has 0 rings (SSSR count). The van der Waals surface area contributed by atoms with Gasteiger partial charge in [-0.15, -0.1) is 0 Å². The third kappa shape index (κ3) is 37.5. The Morgan fingerprint density at radius 2 is 1.32 bits per heavy atom. The topological polar surface area (TPSA) is 129 Å². The Morgan fingerprint density at radius 1 is 0.698 bits per heavy atom. The van der Waals surface area contributed by atoms with Crippen LogP contribution in [0.15, 0.2) is 72.9 Å². The van der Waals surface area contributed by atoms with Crippen LogP contribution in [0.4, 0.5) is 0 Å². The number of esters is 2. The van der Waals surface area contributed by atoms with Gasteiger partial charge in [-0.05, 0) is 64.2 Å². The van der Waals surface area contributed by atoms with E-state index in [1.165, 1.54) is 12.8 Å². The van der Waals surface area contributed by atoms with Crippen molar-refractivity contribution in [3.8, 4) is 0 Å². The van der Waals surface area contributed by atoms with E-state index < -0.39 is 38.6 Å². The van der Waals surface area contributed by atoms with Gasteiger partial charge in [0.2, 0.25) is 0 Å². The molecule has 0 saturated carbocycles. The van der Waals surface area contributed by atoms with Crippen molar-refractivity contribution in [3.63, 3.8) is 0 Å². The molecule has 0 aromatic heterocycles. The zero-order chi connectivity index (χ0) is 39.5. The number of hydrogen-bond acceptors (Lipinski definition) is 8. The van der Waals surface area contributed by atoms with Crippen molar-refractivity contribution in [2.24, 2.45) is 0 Å². The van der Waals surface area contributed by atoms with E-state index in [0.717, 1.165) is 57.8 Å². The fraction of sp³-hybridized carbons (Fsp3) is 0.667. The zero-order valence-electron chi connectivity index (χ0n) is 33.6. The molecule has 0 saturated heterocycles. The van der Waals surface area contributed by atoms with Crippen LogP contribution < -0.4 is 0 Å². The van der Waals surface area contributed by atoms with Crippen LogP contribution in [0, 0.1) is 0 Å². The van der Waals surface area contributed by atoms with Gasteiger partial charge < -0.3 is 24.0 Å². The second-order valence-corrected chi connectivity index (χ2v) is 15.6. The molecule has 2 N–H and O–H groups in total. The number of unbranched alkanes of at least 4 members (excludes halogenated alkanes) is 8. The number of phosphoric ester groups is 1. The van der Waals surface area contributed by atoms with Crippen LogP contribution in [0.1, 0.15) is 123 Å². The highest BCUT2D eigenvalue weighted by atomic mass is 31.2. The van der Waals surface area contributed by atoms with Gasteiger partial charge in [0, 0.05) is 12.8 Å². The highest BCUT2D eigenvalue weighted by molar-refractivity contribution is 7.47. The minimum atomic E-state index is -4.40. The summed E-state index contributed by atoms with van der Waals surface area (Å²) in [7, 11) is 1.39. The lowest BCUT2D eigenvalue weighted by atomic mass is 10.1. The Balaban J connectivity index is 4.59. The maximum atomic E-state index is 12.6. The van der Waals surface area contributed by atoms with Crippen LogP contribution in [0.5, 0.6) is 0 Å². The smallest absolute Gasteiger partial charge is 0.462 e. The molecule has 0 amide bonds. The van der Waals surface area contributed by atoms with Crippen LogP contribution in [-0.2, 0) is 32.7 Å². The van der Waals surface area contributed by atoms with Gasteiger partial charge in [-0.3, -0.25) is 18.6 Å². The van der Waals surface area contributed by atoms with Crippen molar-refractivity contribution < 1.29 is 47.2 Å². The van der Waals surface area contributed by atoms with Gasteiger partial charge >= 0.3 is 19.8 Å². The summed E-state index contributed by atoms with van der Waals surface area (Å²) in [6.07, 6.45) is 37.1. The Morgan fingerprint density at radius 3 is 2.06 bits per heavy atom. The summed E-state index contributed by atoms with van der Waals surface area (Å²) in [5.74, 6) is -0.928. The molecule has 0 aliphatic heterocycles. The molecule has 11 heteroatoms. The molecule has 0 aromatic rings. The number of aliphatic hydroxyl groups is 1. The number of phosphoric acid groups is 1. The molecule has 0 bridgehead atoms. The molecule has 0 spiro atoms. The summed E-state index contributed by atoms with van der Waals surface area (Å²) in [5, 5.41) is 10.0. The van der Waals surface area contributed by atoms with Crippen LogP contribution >= 0.6 is 7.82 Å². The maximum absolute atomic E-state index is 12.6. The monoisotopic (exact) mass is 767 g/mol. The first-order valence-electron chi connectivity index (χ1n) is 19.8. The van der Waals surface area contributed by atoms with Crippen LogP contribution in [0.25, 0.3) is 0 Å². The molecule has 10 nitrogen and oxygen atoms in total. The van der Waals surface area contributed by atoms with Gasteiger partial charge in [0.25, 0.3) is 0 Å². The Hall–Kier alpha value is -2.59. The zero-order valence-corrected chi connectivity index (χ0v) is 34.5. The van der Waals surface area contributed by atoms with Crippen LogP contribution in [0.2, 0.25) is 0 Å². The second-order valence-electron chi connectivity index (χ2n) is 14.1. The van der Waals surface area contributed by atoms with Crippen molar-refractivity contribution in [3.05, 3.63) is 72.9 Å². The van der Waals surface area contributed by atoms with Gasteiger partial charge in [-0.25, -0.2) is 4.57 Å². The number of carbonyl (C=O) groups is 2. The summed E-state index contributed by atoms with van der Waals surface area (Å²) < 4.78 is 34.0. The first kappa shape index (κ1) is 50.4. The standard InChI is InChI=1S/C42H72NO9P/c1-6-8-10-12-14-15-16-17-22-26-30-34-42(46)52-40(38-51-53(47,48)50-36-35-43(3,4)5)37-49-41(45)33-29-25-21-19-18-20-24-28-32-39(44)31-27-23-13-11-9-7-2/h9,11-12,14,19-21,23-24,27-28,32,39-40,44H,6-8,10,13,15-18,22,25-26,29-31,33-38H2,1-5H3/p+1/b11-9-,14-12-,21-19-,24-20-,27-23-,32-28+/t39?,40-/m1/s1. The van der Waals surface area contributed by atoms with Gasteiger partial charge in [0.15, 0.2) is 6.10 Å². The second kappa shape index (κ2) is 33.9. The van der Waals surface area contributed by atoms with Crippen molar-refractivity contribution in [2.75, 3.05) is 47.5 Å². The summed E-state index contributed by atoms with van der Waals surface area (Å²) in [6.45, 7) is 4.06. The van der Waals surface area contributed by atoms with Gasteiger partial charge in [0.05, 0.1) is 33.9 Å². The van der Waals surface area contributed by atoms with E-state index in [1.54, 1.807) is 6.08 Å². The normalized spacial score (nSPS) is 15.1. The van der Waals surface area contributed by atoms with Gasteiger partial charge in [-0.2, -0.15) is 0 Å². The van der Waals surface area contributed by atoms with E-state index in [0.29, 0.717) is 36.7 Å². The number of rotatable bonds is 34. The summed E-state index contributed by atoms with van der Waals surface area (Å²) >= 11 is 0. The molecule has 0 heterocycles. The predicted molar refractivity (Wildman–Crippen MR) is 216 cm³/mol. The van der Waals surface area contributed by atoms with Crippen molar-refractivity contribution in [1.82, 2.24) is 0 Å². The van der Waals surface area contributed by atoms with Crippen LogP contribution in [-0.4, -0.2) is 86.1 Å². The molecule has 53 heavy (non-hydrogen) atoms. The van der Waals surface area contributed by atoms with Crippen molar-refractivity contribution >= 4 is 19.8 Å². The first-order chi connectivity index (χ1) is 25.4. The highest BCUT2D eigenvalue weighted by Crippen LogP contribution is 2.43. The SMILES string of the molecule is CC/C=C\C/C=C\CC(O)/C=C/C=C\C/C=C\CCCC(=O)OC[C@H](COP(=O)(O)OCC[N+](C)(C)C)OC(=O)CCCCCCC/C=C\CCCC. The lowest BCUT2D eigenvalue weighted by Gasteiger charge is -2.24. The fourth-order valence-corrected chi connectivity index (χ4v) is 5.38. The fourth-order valence-electron chi connectivity index (χ4n) is 4.64. The van der Waals surface area contributed by atoms with Gasteiger partial charge in [0.1, 0.15) is 19.8 Å². The number of aliphatic hydroxyl groups excluding tert-OH is 1. The number of ether oxygens (including phenoxy) is 2. The number of likely N-dealkylation sites (N-methyl/N-ethyl adjacent to an activating group) is 1. The van der Waals surface area contributed by atoms with E-state index >= 15 is 0 Å². The molecule has 0 fully saturated rings. The Kier molecular flexibility index (Phi) is 32.3. The summed E-state index contributed by atoms with van der Waals surface area (Å²) in [5.41, 5.74) is 0. The molecule has 304 valence electrons. The molecule has 0 aliphatic carbocycles. The Bertz CT molecular complexity index is 1150. The van der Waals surface area contributed by atoms with E-state index in [-0.39, 0.29) is 26.1 Å². The van der Waals surface area contributed by atoms with E-state index in [2.05, 4.69) is 44.2 Å².